The number of nitrogens with zero attached hydrogens (tertiary/aromatic N) is 1. The van der Waals surface area contributed by atoms with Gasteiger partial charge in [0.1, 0.15) is 0 Å². The van der Waals surface area contributed by atoms with Crippen LogP contribution in [-0.4, -0.2) is 17.7 Å². The summed E-state index contributed by atoms with van der Waals surface area (Å²) >= 11 is 0. The van der Waals surface area contributed by atoms with E-state index in [0.717, 1.165) is 6.42 Å². The smallest absolute Gasteiger partial charge is 0.239 e. The maximum atomic E-state index is 13.4. The molecule has 3 amide bonds. The summed E-state index contributed by atoms with van der Waals surface area (Å²) in [4.78, 5) is 41.2. The second-order valence-corrected chi connectivity index (χ2v) is 7.77. The standard InChI is InChI=1S/C23H20N2O3/c26-20-18-15-11-13-23(14-12-15,22(28)24-16-7-3-1-4-8-16)19(18)21(27)25(20)17-9-5-2-6-10-17/h1-11,13,15,18-19H,12,14H2,(H,24,28)/t15-,18-,19-,23+/m0/s1. The van der Waals surface area contributed by atoms with Gasteiger partial charge in [0.2, 0.25) is 17.7 Å². The number of hydrogen-bond acceptors (Lipinski definition) is 3. The van der Waals surface area contributed by atoms with E-state index in [4.69, 9.17) is 0 Å². The molecule has 3 aliphatic carbocycles. The van der Waals surface area contributed by atoms with Crippen LogP contribution < -0.4 is 10.2 Å². The van der Waals surface area contributed by atoms with E-state index in [9.17, 15) is 14.4 Å². The molecule has 1 saturated heterocycles. The molecule has 1 N–H and O–H groups in total. The highest BCUT2D eigenvalue weighted by molar-refractivity contribution is 6.24. The third kappa shape index (κ3) is 2.29. The van der Waals surface area contributed by atoms with Gasteiger partial charge in [-0.25, -0.2) is 4.90 Å². The van der Waals surface area contributed by atoms with E-state index in [2.05, 4.69) is 5.32 Å². The van der Waals surface area contributed by atoms with Gasteiger partial charge in [-0.05, 0) is 43.0 Å². The summed E-state index contributed by atoms with van der Waals surface area (Å²) in [7, 11) is 0. The van der Waals surface area contributed by atoms with Gasteiger partial charge in [0.05, 0.1) is 22.9 Å². The number of para-hydroxylation sites is 2. The largest absolute Gasteiger partial charge is 0.325 e. The molecule has 4 atom stereocenters. The van der Waals surface area contributed by atoms with Crippen LogP contribution in [0.1, 0.15) is 12.8 Å². The van der Waals surface area contributed by atoms with E-state index in [1.165, 1.54) is 4.90 Å². The number of hydrogen-bond donors (Lipinski definition) is 1. The van der Waals surface area contributed by atoms with Crippen molar-refractivity contribution in [3.05, 3.63) is 72.8 Å². The van der Waals surface area contributed by atoms with Crippen LogP contribution in [0.5, 0.6) is 0 Å². The van der Waals surface area contributed by atoms with Crippen molar-refractivity contribution in [3.63, 3.8) is 0 Å². The van der Waals surface area contributed by atoms with Crippen LogP contribution in [-0.2, 0) is 14.4 Å². The van der Waals surface area contributed by atoms with Crippen LogP contribution in [0.25, 0.3) is 0 Å². The van der Waals surface area contributed by atoms with Crippen LogP contribution in [0.2, 0.25) is 0 Å². The van der Waals surface area contributed by atoms with Crippen molar-refractivity contribution in [2.75, 3.05) is 10.2 Å². The third-order valence-electron chi connectivity index (χ3n) is 6.37. The van der Waals surface area contributed by atoms with Gasteiger partial charge in [-0.3, -0.25) is 14.4 Å². The number of benzene rings is 2. The predicted molar refractivity (Wildman–Crippen MR) is 105 cm³/mol. The van der Waals surface area contributed by atoms with Gasteiger partial charge in [0.15, 0.2) is 0 Å². The average molecular weight is 372 g/mol. The van der Waals surface area contributed by atoms with E-state index >= 15 is 0 Å². The highest BCUT2D eigenvalue weighted by Crippen LogP contribution is 2.57. The number of fused-ring (bicyclic) bond motifs is 1. The van der Waals surface area contributed by atoms with E-state index < -0.39 is 17.3 Å². The Morgan fingerprint density at radius 1 is 0.964 bits per heavy atom. The predicted octanol–water partition coefficient (Wildman–Crippen LogP) is 3.40. The van der Waals surface area contributed by atoms with Gasteiger partial charge in [0.25, 0.3) is 0 Å². The summed E-state index contributed by atoms with van der Waals surface area (Å²) in [6.07, 6.45) is 5.16. The van der Waals surface area contributed by atoms with Crippen molar-refractivity contribution in [3.8, 4) is 0 Å². The van der Waals surface area contributed by atoms with E-state index in [1.807, 2.05) is 60.7 Å². The molecule has 1 saturated carbocycles. The molecule has 2 fully saturated rings. The number of allylic oxidation sites excluding steroid dienone is 1. The van der Waals surface area contributed by atoms with Crippen LogP contribution in [0.4, 0.5) is 11.4 Å². The fourth-order valence-corrected chi connectivity index (χ4v) is 5.03. The molecule has 0 radical (unpaired) electrons. The topological polar surface area (TPSA) is 66.5 Å². The van der Waals surface area contributed by atoms with Crippen molar-refractivity contribution in [1.82, 2.24) is 0 Å². The molecule has 4 aliphatic rings. The number of rotatable bonds is 3. The van der Waals surface area contributed by atoms with Crippen molar-refractivity contribution in [2.45, 2.75) is 12.8 Å². The van der Waals surface area contributed by atoms with Gasteiger partial charge in [0, 0.05) is 5.69 Å². The first-order valence-corrected chi connectivity index (χ1v) is 9.60. The molecule has 1 heterocycles. The Bertz CT molecular complexity index is 985. The Kier molecular flexibility index (Phi) is 3.72. The Labute approximate surface area is 163 Å². The molecular formula is C23H20N2O3. The maximum absolute atomic E-state index is 13.4. The van der Waals surface area contributed by atoms with E-state index in [0.29, 0.717) is 17.8 Å². The zero-order valence-electron chi connectivity index (χ0n) is 15.2. The first-order chi connectivity index (χ1) is 13.6. The van der Waals surface area contributed by atoms with Gasteiger partial charge >= 0.3 is 0 Å². The fourth-order valence-electron chi connectivity index (χ4n) is 5.03. The number of imide groups is 1. The first-order valence-electron chi connectivity index (χ1n) is 9.60. The molecule has 5 heteroatoms. The molecule has 5 nitrogen and oxygen atoms in total. The Morgan fingerprint density at radius 3 is 2.29 bits per heavy atom. The highest BCUT2D eigenvalue weighted by atomic mass is 16.2. The van der Waals surface area contributed by atoms with Crippen molar-refractivity contribution in [2.24, 2.45) is 23.2 Å². The van der Waals surface area contributed by atoms with Gasteiger partial charge in [-0.1, -0.05) is 48.6 Å². The molecular weight excluding hydrogens is 352 g/mol. The molecule has 6 rings (SSSR count). The summed E-state index contributed by atoms with van der Waals surface area (Å²) in [6, 6.07) is 18.2. The average Bonchev–Trinajstić information content (AvgIpc) is 3.03. The molecule has 2 aromatic rings. The molecule has 28 heavy (non-hydrogen) atoms. The summed E-state index contributed by atoms with van der Waals surface area (Å²) in [5.41, 5.74) is 0.284. The normalized spacial score (nSPS) is 30.4. The molecule has 0 spiro atoms. The number of amides is 3. The lowest BCUT2D eigenvalue weighted by atomic mass is 9.54. The van der Waals surface area contributed by atoms with Crippen LogP contribution in [0, 0.1) is 23.2 Å². The number of carbonyl (C=O) groups excluding carboxylic acids is 3. The van der Waals surface area contributed by atoms with Gasteiger partial charge in [-0.2, -0.15) is 0 Å². The summed E-state index contributed by atoms with van der Waals surface area (Å²) in [5.74, 6) is -1.76. The maximum Gasteiger partial charge on any atom is 0.239 e. The Morgan fingerprint density at radius 2 is 1.64 bits per heavy atom. The number of anilines is 2. The van der Waals surface area contributed by atoms with E-state index in [1.54, 1.807) is 12.1 Å². The monoisotopic (exact) mass is 372 g/mol. The zero-order valence-corrected chi connectivity index (χ0v) is 15.2. The second kappa shape index (κ2) is 6.16. The molecule has 2 bridgehead atoms. The van der Waals surface area contributed by atoms with Gasteiger partial charge < -0.3 is 5.32 Å². The number of carbonyl (C=O) groups is 3. The molecule has 0 aromatic heterocycles. The SMILES string of the molecule is O=C1[C@@H]2[C@@H](C(=O)N1c1ccccc1)[C@@]1(C(=O)Nc3ccccc3)C=C[C@H]2CC1. The van der Waals surface area contributed by atoms with E-state index in [-0.39, 0.29) is 23.6 Å². The zero-order chi connectivity index (χ0) is 19.3. The molecule has 0 unspecified atom stereocenters. The Hall–Kier alpha value is -3.21. The molecule has 2 aromatic carbocycles. The molecule has 140 valence electrons. The lowest BCUT2D eigenvalue weighted by Gasteiger charge is -2.46. The number of nitrogens with one attached hydrogen (secondary N) is 1. The lowest BCUT2D eigenvalue weighted by Crippen LogP contribution is -2.53. The fraction of sp³-hybridized carbons (Fsp3) is 0.261. The minimum absolute atomic E-state index is 0.0153. The molecule has 1 aliphatic heterocycles. The summed E-state index contributed by atoms with van der Waals surface area (Å²) in [6.45, 7) is 0. The minimum atomic E-state index is -0.981. The third-order valence-corrected chi connectivity index (χ3v) is 6.37. The summed E-state index contributed by atoms with van der Waals surface area (Å²) in [5, 5.41) is 2.96. The second-order valence-electron chi connectivity index (χ2n) is 7.77. The lowest BCUT2D eigenvalue weighted by molar-refractivity contribution is -0.140. The Balaban J connectivity index is 1.54. The van der Waals surface area contributed by atoms with Crippen LogP contribution in [0.3, 0.4) is 0 Å². The van der Waals surface area contributed by atoms with Gasteiger partial charge in [-0.15, -0.1) is 0 Å². The summed E-state index contributed by atoms with van der Waals surface area (Å²) < 4.78 is 0. The van der Waals surface area contributed by atoms with Crippen molar-refractivity contribution < 1.29 is 14.4 Å². The van der Waals surface area contributed by atoms with Crippen molar-refractivity contribution >= 4 is 29.1 Å². The quantitative estimate of drug-likeness (QED) is 0.663. The van der Waals surface area contributed by atoms with Crippen molar-refractivity contribution in [1.29, 1.82) is 0 Å². The highest BCUT2D eigenvalue weighted by Gasteiger charge is 2.65. The minimum Gasteiger partial charge on any atom is -0.325 e. The van der Waals surface area contributed by atoms with Crippen LogP contribution in [0.15, 0.2) is 72.8 Å². The first kappa shape index (κ1) is 16.9. The van der Waals surface area contributed by atoms with Crippen LogP contribution >= 0.6 is 0 Å².